The second-order valence-electron chi connectivity index (χ2n) is 5.68. The summed E-state index contributed by atoms with van der Waals surface area (Å²) in [6.45, 7) is 8.79. The molecule has 0 bridgehead atoms. The van der Waals surface area contributed by atoms with Gasteiger partial charge in [-0.15, -0.1) is 0 Å². The largest absolute Gasteiger partial charge is 0.339 e. The molecule has 1 N–H and O–H groups in total. The minimum absolute atomic E-state index is 0.206. The third-order valence-electron chi connectivity index (χ3n) is 3.50. The van der Waals surface area contributed by atoms with Crippen LogP contribution in [0.15, 0.2) is 12.3 Å². The number of amides is 1. The van der Waals surface area contributed by atoms with Gasteiger partial charge < -0.3 is 10.2 Å². The number of piperazine rings is 1. The average Bonchev–Trinajstić information content (AvgIpc) is 2.88. The third kappa shape index (κ3) is 4.05. The summed E-state index contributed by atoms with van der Waals surface area (Å²) in [6, 6.07) is 2.39. The summed E-state index contributed by atoms with van der Waals surface area (Å²) in [4.78, 5) is 16.1. The highest BCUT2D eigenvalue weighted by Crippen LogP contribution is 2.06. The van der Waals surface area contributed by atoms with Crippen molar-refractivity contribution in [2.45, 2.75) is 26.4 Å². The Kier molecular flexibility index (Phi) is 5.14. The van der Waals surface area contributed by atoms with Gasteiger partial charge in [-0.05, 0) is 27.0 Å². The number of rotatable bonds is 5. The van der Waals surface area contributed by atoms with Gasteiger partial charge in [0.15, 0.2) is 0 Å². The summed E-state index contributed by atoms with van der Waals surface area (Å²) in [7, 11) is 1.97. The highest BCUT2D eigenvalue weighted by atomic mass is 16.2. The predicted molar refractivity (Wildman–Crippen MR) is 78.4 cm³/mol. The van der Waals surface area contributed by atoms with Crippen LogP contribution >= 0.6 is 0 Å². The van der Waals surface area contributed by atoms with E-state index in [9.17, 15) is 4.79 Å². The molecule has 1 saturated heterocycles. The fraction of sp³-hybridized carbons (Fsp3) is 0.714. The number of nitrogens with one attached hydrogen (secondary N) is 1. The Morgan fingerprint density at radius 2 is 2.15 bits per heavy atom. The molecule has 2 heterocycles. The molecule has 112 valence electrons. The van der Waals surface area contributed by atoms with Crippen molar-refractivity contribution in [3.05, 3.63) is 18.0 Å². The van der Waals surface area contributed by atoms with Crippen LogP contribution in [0.5, 0.6) is 0 Å². The van der Waals surface area contributed by atoms with Crippen LogP contribution in [0, 0.1) is 0 Å². The Labute approximate surface area is 120 Å². The van der Waals surface area contributed by atoms with Gasteiger partial charge in [0.2, 0.25) is 5.91 Å². The van der Waals surface area contributed by atoms with Crippen molar-refractivity contribution in [3.63, 3.8) is 0 Å². The number of carbonyl (C=O) groups is 1. The van der Waals surface area contributed by atoms with E-state index < -0.39 is 0 Å². The van der Waals surface area contributed by atoms with Crippen LogP contribution in [0.3, 0.4) is 0 Å². The monoisotopic (exact) mass is 279 g/mol. The second kappa shape index (κ2) is 6.85. The molecule has 1 aliphatic heterocycles. The number of aromatic nitrogens is 2. The number of likely N-dealkylation sites (N-methyl/N-ethyl adjacent to an activating group) is 1. The van der Waals surface area contributed by atoms with Crippen LogP contribution in [0.25, 0.3) is 0 Å². The van der Waals surface area contributed by atoms with Crippen molar-refractivity contribution in [1.82, 2.24) is 24.9 Å². The zero-order valence-electron chi connectivity index (χ0n) is 12.7. The molecule has 1 fully saturated rings. The molecule has 20 heavy (non-hydrogen) atoms. The first kappa shape index (κ1) is 15.0. The molecule has 6 heteroatoms. The summed E-state index contributed by atoms with van der Waals surface area (Å²) >= 11 is 0. The van der Waals surface area contributed by atoms with Crippen molar-refractivity contribution in [3.8, 4) is 0 Å². The van der Waals surface area contributed by atoms with Crippen LogP contribution in [-0.4, -0.2) is 65.3 Å². The lowest BCUT2D eigenvalue weighted by atomic mass is 10.3. The van der Waals surface area contributed by atoms with Crippen molar-refractivity contribution in [1.29, 1.82) is 0 Å². The normalized spacial score (nSPS) is 16.1. The predicted octanol–water partition coefficient (Wildman–Crippen LogP) is 0.328. The number of nitrogens with zero attached hydrogens (tertiary/aromatic N) is 4. The van der Waals surface area contributed by atoms with Gasteiger partial charge in [-0.25, -0.2) is 0 Å². The van der Waals surface area contributed by atoms with Gasteiger partial charge in [0.05, 0.1) is 12.2 Å². The molecule has 0 saturated carbocycles. The minimum Gasteiger partial charge on any atom is -0.339 e. The SMILES string of the molecule is CC(C)n1ccc(CN(C)CC(=O)N2CCNCC2)n1. The molecule has 1 aromatic heterocycles. The van der Waals surface area contributed by atoms with Gasteiger partial charge in [0.25, 0.3) is 0 Å². The van der Waals surface area contributed by atoms with Crippen molar-refractivity contribution in [2.24, 2.45) is 0 Å². The number of carbonyl (C=O) groups excluding carboxylic acids is 1. The first-order valence-corrected chi connectivity index (χ1v) is 7.27. The molecule has 0 spiro atoms. The van der Waals surface area contributed by atoms with Gasteiger partial charge >= 0.3 is 0 Å². The quantitative estimate of drug-likeness (QED) is 0.844. The molecule has 0 radical (unpaired) electrons. The molecule has 0 atom stereocenters. The maximum Gasteiger partial charge on any atom is 0.236 e. The molecule has 6 nitrogen and oxygen atoms in total. The van der Waals surface area contributed by atoms with Crippen molar-refractivity contribution >= 4 is 5.91 Å². The summed E-state index contributed by atoms with van der Waals surface area (Å²) < 4.78 is 1.95. The molecule has 2 rings (SSSR count). The smallest absolute Gasteiger partial charge is 0.236 e. The zero-order valence-corrected chi connectivity index (χ0v) is 12.7. The fourth-order valence-corrected chi connectivity index (χ4v) is 2.33. The Balaban J connectivity index is 1.81. The molecule has 1 aromatic rings. The van der Waals surface area contributed by atoms with Gasteiger partial charge in [0, 0.05) is 45.0 Å². The van der Waals surface area contributed by atoms with E-state index in [1.165, 1.54) is 0 Å². The van der Waals surface area contributed by atoms with Crippen LogP contribution in [0.1, 0.15) is 25.6 Å². The standard InChI is InChI=1S/C14H25N5O/c1-12(2)19-7-4-13(16-19)10-17(3)11-14(20)18-8-5-15-6-9-18/h4,7,12,15H,5-6,8-11H2,1-3H3. The molecule has 0 aliphatic carbocycles. The fourth-order valence-electron chi connectivity index (χ4n) is 2.33. The molecular formula is C14H25N5O. The Morgan fingerprint density at radius 3 is 2.75 bits per heavy atom. The maximum atomic E-state index is 12.1. The van der Waals surface area contributed by atoms with E-state index in [1.54, 1.807) is 0 Å². The van der Waals surface area contributed by atoms with Gasteiger partial charge in [-0.1, -0.05) is 0 Å². The molecule has 1 aliphatic rings. The lowest BCUT2D eigenvalue weighted by Gasteiger charge is -2.29. The first-order chi connectivity index (χ1) is 9.56. The van der Waals surface area contributed by atoms with E-state index in [-0.39, 0.29) is 5.91 Å². The Bertz CT molecular complexity index is 437. The average molecular weight is 279 g/mol. The Morgan fingerprint density at radius 1 is 1.45 bits per heavy atom. The first-order valence-electron chi connectivity index (χ1n) is 7.27. The summed E-state index contributed by atoms with van der Waals surface area (Å²) in [5.74, 6) is 0.206. The lowest BCUT2D eigenvalue weighted by molar-refractivity contribution is -0.132. The van der Waals surface area contributed by atoms with Crippen LogP contribution < -0.4 is 5.32 Å². The van der Waals surface area contributed by atoms with Crippen LogP contribution in [0.2, 0.25) is 0 Å². The number of hydrogen-bond acceptors (Lipinski definition) is 4. The van der Waals surface area contributed by atoms with Crippen molar-refractivity contribution in [2.75, 3.05) is 39.8 Å². The second-order valence-corrected chi connectivity index (χ2v) is 5.68. The summed E-state index contributed by atoms with van der Waals surface area (Å²) in [6.07, 6.45) is 1.99. The van der Waals surface area contributed by atoms with Crippen molar-refractivity contribution < 1.29 is 4.79 Å². The van der Waals surface area contributed by atoms with Crippen LogP contribution in [-0.2, 0) is 11.3 Å². The molecule has 1 amide bonds. The topological polar surface area (TPSA) is 53.4 Å². The van der Waals surface area contributed by atoms with E-state index in [2.05, 4.69) is 24.3 Å². The highest BCUT2D eigenvalue weighted by molar-refractivity contribution is 5.78. The summed E-state index contributed by atoms with van der Waals surface area (Å²) in [5.41, 5.74) is 1.01. The number of hydrogen-bond donors (Lipinski definition) is 1. The van der Waals surface area contributed by atoms with E-state index in [1.807, 2.05) is 33.8 Å². The Hall–Kier alpha value is -1.40. The van der Waals surface area contributed by atoms with Gasteiger partial charge in [-0.2, -0.15) is 5.10 Å². The zero-order chi connectivity index (χ0) is 14.5. The molecular weight excluding hydrogens is 254 g/mol. The third-order valence-corrected chi connectivity index (χ3v) is 3.50. The van der Waals surface area contributed by atoms with E-state index in [0.717, 1.165) is 31.9 Å². The van der Waals surface area contributed by atoms with E-state index in [4.69, 9.17) is 0 Å². The van der Waals surface area contributed by atoms with Gasteiger partial charge in [-0.3, -0.25) is 14.4 Å². The summed E-state index contributed by atoms with van der Waals surface area (Å²) in [5, 5.41) is 7.77. The minimum atomic E-state index is 0.206. The van der Waals surface area contributed by atoms with Crippen LogP contribution in [0.4, 0.5) is 0 Å². The van der Waals surface area contributed by atoms with Gasteiger partial charge in [0.1, 0.15) is 0 Å². The lowest BCUT2D eigenvalue weighted by Crippen LogP contribution is -2.49. The van der Waals surface area contributed by atoms with E-state index in [0.29, 0.717) is 19.1 Å². The molecule has 0 aromatic carbocycles. The maximum absolute atomic E-state index is 12.1. The molecule has 0 unspecified atom stereocenters. The highest BCUT2D eigenvalue weighted by Gasteiger charge is 2.18. The van der Waals surface area contributed by atoms with E-state index >= 15 is 0 Å².